The van der Waals surface area contributed by atoms with Crippen LogP contribution in [0.1, 0.15) is 16.1 Å². The van der Waals surface area contributed by atoms with Crippen molar-refractivity contribution in [1.29, 1.82) is 0 Å². The van der Waals surface area contributed by atoms with Gasteiger partial charge in [0, 0.05) is 32.2 Å². The molecule has 1 amide bonds. The molecule has 118 valence electrons. The highest BCUT2D eigenvalue weighted by Gasteiger charge is 2.15. The Morgan fingerprint density at radius 2 is 2.17 bits per heavy atom. The number of aromatic nitrogens is 4. The van der Waals surface area contributed by atoms with Crippen LogP contribution in [0.4, 0.5) is 0 Å². The van der Waals surface area contributed by atoms with Crippen LogP contribution in [0.5, 0.6) is 0 Å². The van der Waals surface area contributed by atoms with E-state index in [0.717, 1.165) is 11.4 Å². The molecule has 6 nitrogen and oxygen atoms in total. The quantitative estimate of drug-likeness (QED) is 0.787. The number of hydrogen-bond donors (Lipinski definition) is 1. The Labute approximate surface area is 142 Å². The number of halogens is 2. The largest absolute Gasteiger partial charge is 0.347 e. The SMILES string of the molecule is Cn1c(C(=O)NCc2ccc(-n3ccnc3)nc2)cc(Cl)c1Cl. The van der Waals surface area contributed by atoms with E-state index in [1.807, 2.05) is 18.3 Å². The number of nitrogens with zero attached hydrogens (tertiary/aromatic N) is 4. The second kappa shape index (κ2) is 6.44. The highest BCUT2D eigenvalue weighted by Crippen LogP contribution is 2.25. The van der Waals surface area contributed by atoms with Crippen LogP contribution in [0.3, 0.4) is 0 Å². The molecule has 0 aromatic carbocycles. The van der Waals surface area contributed by atoms with Gasteiger partial charge in [-0.1, -0.05) is 29.3 Å². The van der Waals surface area contributed by atoms with Gasteiger partial charge in [-0.25, -0.2) is 9.97 Å². The zero-order valence-corrected chi connectivity index (χ0v) is 13.7. The zero-order chi connectivity index (χ0) is 16.4. The van der Waals surface area contributed by atoms with Crippen molar-refractivity contribution in [3.05, 3.63) is 64.6 Å². The van der Waals surface area contributed by atoms with Crippen molar-refractivity contribution >= 4 is 29.1 Å². The van der Waals surface area contributed by atoms with Gasteiger partial charge in [0.1, 0.15) is 23.0 Å². The van der Waals surface area contributed by atoms with Crippen molar-refractivity contribution in [2.24, 2.45) is 7.05 Å². The number of hydrogen-bond acceptors (Lipinski definition) is 3. The maximum Gasteiger partial charge on any atom is 0.268 e. The van der Waals surface area contributed by atoms with Gasteiger partial charge in [0.25, 0.3) is 5.91 Å². The van der Waals surface area contributed by atoms with Gasteiger partial charge in [-0.05, 0) is 17.7 Å². The molecule has 0 saturated carbocycles. The lowest BCUT2D eigenvalue weighted by atomic mass is 10.2. The molecule has 0 unspecified atom stereocenters. The normalized spacial score (nSPS) is 10.7. The van der Waals surface area contributed by atoms with Crippen LogP contribution < -0.4 is 5.32 Å². The van der Waals surface area contributed by atoms with Gasteiger partial charge in [0.15, 0.2) is 0 Å². The van der Waals surface area contributed by atoms with Crippen LogP contribution in [0, 0.1) is 0 Å². The van der Waals surface area contributed by atoms with E-state index in [1.165, 1.54) is 0 Å². The summed E-state index contributed by atoms with van der Waals surface area (Å²) in [4.78, 5) is 20.5. The van der Waals surface area contributed by atoms with E-state index >= 15 is 0 Å². The molecule has 0 atom stereocenters. The summed E-state index contributed by atoms with van der Waals surface area (Å²) in [5.74, 6) is 0.513. The maximum absolute atomic E-state index is 12.2. The molecule has 3 rings (SSSR count). The van der Waals surface area contributed by atoms with E-state index in [2.05, 4.69) is 15.3 Å². The summed E-state index contributed by atoms with van der Waals surface area (Å²) in [5, 5.41) is 3.50. The van der Waals surface area contributed by atoms with Crippen LogP contribution in [0.25, 0.3) is 5.82 Å². The highest BCUT2D eigenvalue weighted by atomic mass is 35.5. The molecule has 0 radical (unpaired) electrons. The van der Waals surface area contributed by atoms with Crippen LogP contribution in [0.15, 0.2) is 43.1 Å². The van der Waals surface area contributed by atoms with Gasteiger partial charge in [-0.2, -0.15) is 0 Å². The summed E-state index contributed by atoms with van der Waals surface area (Å²) in [6.07, 6.45) is 6.88. The predicted molar refractivity (Wildman–Crippen MR) is 88.0 cm³/mol. The fourth-order valence-corrected chi connectivity index (χ4v) is 2.48. The van der Waals surface area contributed by atoms with Crippen LogP contribution >= 0.6 is 23.2 Å². The second-order valence-electron chi connectivity index (χ2n) is 4.90. The Bertz CT molecular complexity index is 824. The molecule has 3 heterocycles. The number of carbonyl (C=O) groups is 1. The zero-order valence-electron chi connectivity index (χ0n) is 12.2. The first-order valence-electron chi connectivity index (χ1n) is 6.78. The Morgan fingerprint density at radius 1 is 1.35 bits per heavy atom. The fraction of sp³-hybridized carbons (Fsp3) is 0.133. The average Bonchev–Trinajstić information content (AvgIpc) is 3.18. The molecule has 0 aliphatic rings. The van der Waals surface area contributed by atoms with Gasteiger partial charge < -0.3 is 9.88 Å². The molecule has 0 spiro atoms. The van der Waals surface area contributed by atoms with Gasteiger partial charge >= 0.3 is 0 Å². The Balaban J connectivity index is 1.66. The lowest BCUT2D eigenvalue weighted by Crippen LogP contribution is -2.25. The molecular weight excluding hydrogens is 337 g/mol. The molecule has 1 N–H and O–H groups in total. The van der Waals surface area contributed by atoms with Gasteiger partial charge in [-0.15, -0.1) is 0 Å². The molecule has 23 heavy (non-hydrogen) atoms. The predicted octanol–water partition coefficient (Wildman–Crippen LogP) is 2.84. The first kappa shape index (κ1) is 15.6. The smallest absolute Gasteiger partial charge is 0.268 e. The Kier molecular flexibility index (Phi) is 4.36. The summed E-state index contributed by atoms with van der Waals surface area (Å²) in [6.45, 7) is 0.358. The third-order valence-electron chi connectivity index (χ3n) is 3.38. The minimum Gasteiger partial charge on any atom is -0.347 e. The molecule has 0 saturated heterocycles. The van der Waals surface area contributed by atoms with Crippen molar-refractivity contribution in [3.8, 4) is 5.82 Å². The van der Waals surface area contributed by atoms with E-state index in [0.29, 0.717) is 22.4 Å². The molecule has 0 fully saturated rings. The third kappa shape index (κ3) is 3.23. The summed E-state index contributed by atoms with van der Waals surface area (Å²) in [5.41, 5.74) is 1.29. The van der Waals surface area contributed by atoms with Gasteiger partial charge in [0.2, 0.25) is 0 Å². The van der Waals surface area contributed by atoms with Gasteiger partial charge in [0.05, 0.1) is 5.02 Å². The average molecular weight is 350 g/mol. The maximum atomic E-state index is 12.2. The molecule has 3 aromatic heterocycles. The monoisotopic (exact) mass is 349 g/mol. The van der Waals surface area contributed by atoms with Crippen molar-refractivity contribution in [2.45, 2.75) is 6.54 Å². The van der Waals surface area contributed by atoms with Crippen molar-refractivity contribution in [3.63, 3.8) is 0 Å². The number of pyridine rings is 1. The van der Waals surface area contributed by atoms with Gasteiger partial charge in [-0.3, -0.25) is 9.36 Å². The Hall–Kier alpha value is -2.31. The highest BCUT2D eigenvalue weighted by molar-refractivity contribution is 6.41. The number of rotatable bonds is 4. The number of amides is 1. The molecule has 8 heteroatoms. The lowest BCUT2D eigenvalue weighted by Gasteiger charge is -2.07. The van der Waals surface area contributed by atoms with Crippen molar-refractivity contribution in [1.82, 2.24) is 24.4 Å². The fourth-order valence-electron chi connectivity index (χ4n) is 2.10. The second-order valence-corrected chi connectivity index (χ2v) is 5.67. The minimum atomic E-state index is -0.250. The van der Waals surface area contributed by atoms with Crippen LogP contribution in [0.2, 0.25) is 10.2 Å². The van der Waals surface area contributed by atoms with E-state index in [9.17, 15) is 4.79 Å². The topological polar surface area (TPSA) is 64.7 Å². The van der Waals surface area contributed by atoms with E-state index in [1.54, 1.807) is 41.0 Å². The first-order valence-corrected chi connectivity index (χ1v) is 7.54. The summed E-state index contributed by atoms with van der Waals surface area (Å²) < 4.78 is 3.34. The third-order valence-corrected chi connectivity index (χ3v) is 4.22. The first-order chi connectivity index (χ1) is 11.1. The molecule has 0 aliphatic heterocycles. The minimum absolute atomic E-state index is 0.250. The molecule has 0 bridgehead atoms. The number of carbonyl (C=O) groups excluding carboxylic acids is 1. The van der Waals surface area contributed by atoms with E-state index in [4.69, 9.17) is 23.2 Å². The van der Waals surface area contributed by atoms with Crippen molar-refractivity contribution in [2.75, 3.05) is 0 Å². The summed E-state index contributed by atoms with van der Waals surface area (Å²) in [7, 11) is 1.69. The standard InChI is InChI=1S/C15H13Cl2N5O/c1-21-12(6-11(16)14(21)17)15(23)20-8-10-2-3-13(19-7-10)22-5-4-18-9-22/h2-7,9H,8H2,1H3,(H,20,23). The lowest BCUT2D eigenvalue weighted by molar-refractivity contribution is 0.0943. The van der Waals surface area contributed by atoms with Crippen LogP contribution in [-0.2, 0) is 13.6 Å². The van der Waals surface area contributed by atoms with E-state index in [-0.39, 0.29) is 5.91 Å². The number of imidazole rings is 1. The number of nitrogens with one attached hydrogen (secondary N) is 1. The Morgan fingerprint density at radius 3 is 2.74 bits per heavy atom. The molecular formula is C15H13Cl2N5O. The van der Waals surface area contributed by atoms with E-state index < -0.39 is 0 Å². The van der Waals surface area contributed by atoms with Crippen molar-refractivity contribution < 1.29 is 4.79 Å². The molecule has 3 aromatic rings. The van der Waals surface area contributed by atoms with Crippen LogP contribution in [-0.4, -0.2) is 25.0 Å². The molecule has 0 aliphatic carbocycles. The summed E-state index contributed by atoms with van der Waals surface area (Å²) >= 11 is 11.9. The summed E-state index contributed by atoms with van der Waals surface area (Å²) in [6, 6.07) is 5.30.